The van der Waals surface area contributed by atoms with Gasteiger partial charge in [-0.15, -0.1) is 0 Å². The molecule has 0 saturated carbocycles. The SMILES string of the molecule is CC1(C)OB(c2c(C(N)=O)ccnc2F)OC1(C)C. The molecule has 1 amide bonds. The first-order chi connectivity index (χ1) is 8.66. The van der Waals surface area contributed by atoms with Crippen molar-refractivity contribution in [3.05, 3.63) is 23.8 Å². The van der Waals surface area contributed by atoms with Gasteiger partial charge in [0.2, 0.25) is 11.9 Å². The maximum Gasteiger partial charge on any atom is 0.500 e. The Labute approximate surface area is 111 Å². The van der Waals surface area contributed by atoms with Gasteiger partial charge in [-0.3, -0.25) is 4.79 Å². The van der Waals surface area contributed by atoms with Gasteiger partial charge >= 0.3 is 7.12 Å². The first kappa shape index (κ1) is 14.0. The maximum absolute atomic E-state index is 13.9. The first-order valence-corrected chi connectivity index (χ1v) is 5.95. The summed E-state index contributed by atoms with van der Waals surface area (Å²) in [7, 11) is -0.999. The van der Waals surface area contributed by atoms with E-state index in [4.69, 9.17) is 15.0 Å². The zero-order valence-electron chi connectivity index (χ0n) is 11.4. The number of nitrogens with zero attached hydrogens (tertiary/aromatic N) is 1. The average Bonchev–Trinajstić information content (AvgIpc) is 2.47. The van der Waals surface area contributed by atoms with E-state index in [9.17, 15) is 9.18 Å². The number of rotatable bonds is 2. The molecule has 1 aliphatic heterocycles. The van der Waals surface area contributed by atoms with Crippen molar-refractivity contribution in [2.24, 2.45) is 5.73 Å². The molecule has 102 valence electrons. The highest BCUT2D eigenvalue weighted by Crippen LogP contribution is 2.36. The lowest BCUT2D eigenvalue weighted by Gasteiger charge is -2.32. The number of carbonyl (C=O) groups is 1. The van der Waals surface area contributed by atoms with E-state index in [0.717, 1.165) is 0 Å². The molecule has 1 aliphatic rings. The van der Waals surface area contributed by atoms with E-state index >= 15 is 0 Å². The second kappa shape index (κ2) is 4.28. The molecule has 1 fully saturated rings. The van der Waals surface area contributed by atoms with E-state index in [1.165, 1.54) is 12.3 Å². The molecule has 19 heavy (non-hydrogen) atoms. The third kappa shape index (κ3) is 2.23. The molecule has 1 aromatic heterocycles. The molecule has 0 spiro atoms. The number of hydrogen-bond donors (Lipinski definition) is 1. The van der Waals surface area contributed by atoms with Crippen LogP contribution in [0, 0.1) is 5.95 Å². The quantitative estimate of drug-likeness (QED) is 0.629. The fourth-order valence-electron chi connectivity index (χ4n) is 1.85. The summed E-state index contributed by atoms with van der Waals surface area (Å²) in [6.07, 6.45) is 1.18. The molecule has 1 aromatic rings. The number of halogens is 1. The third-order valence-electron chi connectivity index (χ3n) is 3.70. The topological polar surface area (TPSA) is 74.4 Å². The first-order valence-electron chi connectivity index (χ1n) is 5.95. The van der Waals surface area contributed by atoms with Crippen LogP contribution in [0.2, 0.25) is 0 Å². The molecular formula is C12H16BFN2O3. The van der Waals surface area contributed by atoms with Gasteiger partial charge < -0.3 is 15.0 Å². The Morgan fingerprint density at radius 1 is 1.32 bits per heavy atom. The van der Waals surface area contributed by atoms with Crippen LogP contribution in [0.3, 0.4) is 0 Å². The molecule has 0 aromatic carbocycles. The number of primary amides is 1. The molecule has 5 nitrogen and oxygen atoms in total. The van der Waals surface area contributed by atoms with Gasteiger partial charge in [-0.2, -0.15) is 4.39 Å². The Morgan fingerprint density at radius 3 is 2.32 bits per heavy atom. The lowest BCUT2D eigenvalue weighted by Crippen LogP contribution is -2.42. The Bertz CT molecular complexity index is 518. The van der Waals surface area contributed by atoms with Crippen molar-refractivity contribution >= 4 is 18.5 Å². The van der Waals surface area contributed by atoms with Gasteiger partial charge in [-0.25, -0.2) is 4.98 Å². The van der Waals surface area contributed by atoms with E-state index in [1.807, 2.05) is 27.7 Å². The predicted molar refractivity (Wildman–Crippen MR) is 68.4 cm³/mol. The van der Waals surface area contributed by atoms with Crippen LogP contribution < -0.4 is 11.2 Å². The highest BCUT2D eigenvalue weighted by molar-refractivity contribution is 6.63. The molecule has 0 bridgehead atoms. The maximum atomic E-state index is 13.9. The summed E-state index contributed by atoms with van der Waals surface area (Å²) in [6.45, 7) is 7.35. The van der Waals surface area contributed by atoms with Crippen molar-refractivity contribution in [2.75, 3.05) is 0 Å². The number of nitrogens with two attached hydrogens (primary N) is 1. The van der Waals surface area contributed by atoms with Gasteiger partial charge in [-0.05, 0) is 33.8 Å². The Kier molecular flexibility index (Phi) is 3.14. The zero-order valence-corrected chi connectivity index (χ0v) is 11.4. The Hall–Kier alpha value is -1.47. The molecule has 2 heterocycles. The molecule has 0 aliphatic carbocycles. The summed E-state index contributed by atoms with van der Waals surface area (Å²) in [5, 5.41) is 0. The number of amides is 1. The van der Waals surface area contributed by atoms with Crippen LogP contribution in [0.15, 0.2) is 12.3 Å². The minimum Gasteiger partial charge on any atom is -0.399 e. The second-order valence-electron chi connectivity index (χ2n) is 5.52. The van der Waals surface area contributed by atoms with Gasteiger partial charge in [0.05, 0.1) is 16.7 Å². The lowest BCUT2D eigenvalue weighted by atomic mass is 9.76. The minimum absolute atomic E-state index is 0.0194. The van der Waals surface area contributed by atoms with Crippen molar-refractivity contribution in [3.63, 3.8) is 0 Å². The van der Waals surface area contributed by atoms with Crippen LogP contribution in [0.25, 0.3) is 0 Å². The summed E-state index contributed by atoms with van der Waals surface area (Å²) < 4.78 is 25.3. The molecule has 2 N–H and O–H groups in total. The van der Waals surface area contributed by atoms with Crippen molar-refractivity contribution < 1.29 is 18.5 Å². The van der Waals surface area contributed by atoms with Gasteiger partial charge in [0.1, 0.15) is 0 Å². The number of pyridine rings is 1. The van der Waals surface area contributed by atoms with E-state index in [2.05, 4.69) is 4.98 Å². The van der Waals surface area contributed by atoms with E-state index in [-0.39, 0.29) is 11.0 Å². The van der Waals surface area contributed by atoms with Gasteiger partial charge in [0.25, 0.3) is 0 Å². The summed E-state index contributed by atoms with van der Waals surface area (Å²) in [5.41, 5.74) is 3.95. The second-order valence-corrected chi connectivity index (χ2v) is 5.52. The van der Waals surface area contributed by atoms with Crippen LogP contribution in [-0.4, -0.2) is 29.2 Å². The Morgan fingerprint density at radius 2 is 1.84 bits per heavy atom. The standard InChI is InChI=1S/C12H16BFN2O3/c1-11(2)12(3,4)19-13(18-11)8-7(10(15)17)5-6-16-9(8)14/h5-6H,1-4H3,(H2,15,17). The molecule has 0 unspecified atom stereocenters. The summed E-state index contributed by atoms with van der Waals surface area (Å²) in [4.78, 5) is 14.9. The normalized spacial score (nSPS) is 20.6. The molecule has 2 rings (SSSR count). The van der Waals surface area contributed by atoms with E-state index in [1.54, 1.807) is 0 Å². The van der Waals surface area contributed by atoms with Crippen molar-refractivity contribution in [1.29, 1.82) is 0 Å². The van der Waals surface area contributed by atoms with Crippen LogP contribution in [0.5, 0.6) is 0 Å². The largest absolute Gasteiger partial charge is 0.500 e. The lowest BCUT2D eigenvalue weighted by molar-refractivity contribution is 0.00578. The predicted octanol–water partition coefficient (Wildman–Crippen LogP) is 0.619. The third-order valence-corrected chi connectivity index (χ3v) is 3.70. The smallest absolute Gasteiger partial charge is 0.399 e. The Balaban J connectivity index is 2.48. The summed E-state index contributed by atoms with van der Waals surface area (Å²) in [5.74, 6) is -1.55. The number of hydrogen-bond acceptors (Lipinski definition) is 4. The molecule has 7 heteroatoms. The van der Waals surface area contributed by atoms with Crippen molar-refractivity contribution in [1.82, 2.24) is 4.98 Å². The van der Waals surface area contributed by atoms with Crippen molar-refractivity contribution in [2.45, 2.75) is 38.9 Å². The highest BCUT2D eigenvalue weighted by Gasteiger charge is 2.53. The average molecular weight is 266 g/mol. The van der Waals surface area contributed by atoms with Crippen LogP contribution in [0.1, 0.15) is 38.1 Å². The van der Waals surface area contributed by atoms with Crippen molar-refractivity contribution in [3.8, 4) is 0 Å². The van der Waals surface area contributed by atoms with Crippen LogP contribution in [0.4, 0.5) is 4.39 Å². The van der Waals surface area contributed by atoms with E-state index < -0.39 is 30.2 Å². The molecule has 0 radical (unpaired) electrons. The van der Waals surface area contributed by atoms with Gasteiger partial charge in [0, 0.05) is 11.8 Å². The van der Waals surface area contributed by atoms with E-state index in [0.29, 0.717) is 0 Å². The highest BCUT2D eigenvalue weighted by atomic mass is 19.1. The summed E-state index contributed by atoms with van der Waals surface area (Å²) in [6, 6.07) is 1.35. The van der Waals surface area contributed by atoms with Gasteiger partial charge in [0.15, 0.2) is 0 Å². The molecule has 1 saturated heterocycles. The number of carbonyl (C=O) groups excluding carboxylic acids is 1. The van der Waals surface area contributed by atoms with Crippen LogP contribution in [-0.2, 0) is 9.31 Å². The fourth-order valence-corrected chi connectivity index (χ4v) is 1.85. The monoisotopic (exact) mass is 266 g/mol. The minimum atomic E-state index is -0.999. The summed E-state index contributed by atoms with van der Waals surface area (Å²) >= 11 is 0. The van der Waals surface area contributed by atoms with Crippen LogP contribution >= 0.6 is 0 Å². The molecular weight excluding hydrogens is 250 g/mol. The number of aromatic nitrogens is 1. The van der Waals surface area contributed by atoms with Gasteiger partial charge in [-0.1, -0.05) is 0 Å². The fraction of sp³-hybridized carbons (Fsp3) is 0.500. The zero-order chi connectivity index (χ0) is 14.4. The molecule has 0 atom stereocenters.